The Morgan fingerprint density at radius 1 is 1.19 bits per heavy atom. The van der Waals surface area contributed by atoms with E-state index in [1.807, 2.05) is 0 Å². The van der Waals surface area contributed by atoms with Gasteiger partial charge >= 0.3 is 17.3 Å². The molecule has 1 aliphatic heterocycles. The van der Waals surface area contributed by atoms with Crippen molar-refractivity contribution < 1.29 is 23.5 Å². The minimum Gasteiger partial charge on any atom is -0.465 e. The highest BCUT2D eigenvalue weighted by Crippen LogP contribution is 2.24. The van der Waals surface area contributed by atoms with Crippen LogP contribution in [-0.4, -0.2) is 39.2 Å². The van der Waals surface area contributed by atoms with Crippen LogP contribution in [0, 0.1) is 5.82 Å². The van der Waals surface area contributed by atoms with Crippen molar-refractivity contribution in [2.75, 3.05) is 18.5 Å². The highest BCUT2D eigenvalue weighted by Gasteiger charge is 2.18. The molecule has 0 aliphatic carbocycles. The highest BCUT2D eigenvalue weighted by atomic mass is 35.5. The zero-order valence-electron chi connectivity index (χ0n) is 19.1. The van der Waals surface area contributed by atoms with Gasteiger partial charge in [0.25, 0.3) is 0 Å². The molecule has 0 fully saturated rings. The molecule has 36 heavy (non-hydrogen) atoms. The number of nitrogens with zero attached hydrogens (tertiary/aromatic N) is 4. The maximum atomic E-state index is 14.7. The molecule has 0 radical (unpaired) electrons. The van der Waals surface area contributed by atoms with Crippen LogP contribution in [0.15, 0.2) is 57.2 Å². The van der Waals surface area contributed by atoms with Crippen LogP contribution in [-0.2, 0) is 27.5 Å². The number of ether oxygens (including phenoxy) is 2. The first-order valence-corrected chi connectivity index (χ1v) is 11.3. The molecule has 2 aromatic carbocycles. The average molecular weight is 518 g/mol. The second-order valence-electron chi connectivity index (χ2n) is 7.54. The number of hydrogen-bond acceptors (Lipinski definition) is 9. The van der Waals surface area contributed by atoms with Crippen molar-refractivity contribution in [3.63, 3.8) is 0 Å². The monoisotopic (exact) mass is 517 g/mol. The molecule has 4 rings (SSSR count). The van der Waals surface area contributed by atoms with Gasteiger partial charge in [0.1, 0.15) is 13.2 Å². The van der Waals surface area contributed by atoms with Gasteiger partial charge in [-0.15, -0.1) is 0 Å². The number of esters is 1. The SMILES string of the molecule is CCOC(=O)Cn1c(=O)nc(Nc2ccc(OC3=NOCC3)c(F)c2)n(Cc2ccc(Cl)cc2)c1=O. The summed E-state index contributed by atoms with van der Waals surface area (Å²) >= 11 is 5.95. The third kappa shape index (κ3) is 5.89. The normalized spacial score (nSPS) is 12.6. The molecule has 0 amide bonds. The predicted octanol–water partition coefficient (Wildman–Crippen LogP) is 2.67. The van der Waals surface area contributed by atoms with Gasteiger partial charge in [-0.3, -0.25) is 9.36 Å². The van der Waals surface area contributed by atoms with E-state index < -0.39 is 29.7 Å². The van der Waals surface area contributed by atoms with Crippen molar-refractivity contribution in [3.05, 3.63) is 79.8 Å². The quantitative estimate of drug-likeness (QED) is 0.452. The first-order chi connectivity index (χ1) is 17.3. The van der Waals surface area contributed by atoms with Crippen LogP contribution < -0.4 is 21.4 Å². The first kappa shape index (κ1) is 24.9. The smallest absolute Gasteiger partial charge is 0.355 e. The number of carbonyl (C=O) groups excluding carboxylic acids is 1. The summed E-state index contributed by atoms with van der Waals surface area (Å²) in [5, 5.41) is 6.97. The molecule has 3 aromatic rings. The van der Waals surface area contributed by atoms with Crippen LogP contribution in [0.3, 0.4) is 0 Å². The van der Waals surface area contributed by atoms with Crippen LogP contribution in [0.4, 0.5) is 16.0 Å². The Kier molecular flexibility index (Phi) is 7.64. The van der Waals surface area contributed by atoms with Crippen LogP contribution in [0.5, 0.6) is 5.75 Å². The zero-order valence-corrected chi connectivity index (χ0v) is 19.8. The molecule has 13 heteroatoms. The van der Waals surface area contributed by atoms with E-state index in [9.17, 15) is 18.8 Å². The Labute approximate surface area is 208 Å². The third-order valence-electron chi connectivity index (χ3n) is 4.99. The summed E-state index contributed by atoms with van der Waals surface area (Å²) in [7, 11) is 0. The first-order valence-electron chi connectivity index (χ1n) is 10.9. The van der Waals surface area contributed by atoms with Crippen molar-refractivity contribution in [1.29, 1.82) is 0 Å². The van der Waals surface area contributed by atoms with Gasteiger partial charge < -0.3 is 19.6 Å². The number of carbonyl (C=O) groups is 1. The molecule has 188 valence electrons. The lowest BCUT2D eigenvalue weighted by molar-refractivity contribution is -0.144. The Hall–Kier alpha value is -4.19. The van der Waals surface area contributed by atoms with Gasteiger partial charge in [-0.05, 0) is 36.8 Å². The summed E-state index contributed by atoms with van der Waals surface area (Å²) in [6.45, 7) is 1.43. The lowest BCUT2D eigenvalue weighted by Crippen LogP contribution is -2.44. The fourth-order valence-electron chi connectivity index (χ4n) is 3.29. The standard InChI is InChI=1S/C23H21ClFN5O6/c1-2-34-20(31)13-30-22(32)27-21(29(23(30)33)12-14-3-5-15(24)6-4-14)26-16-7-8-18(17(25)11-16)36-19-9-10-35-28-19/h3-8,11H,2,9-10,12-13H2,1H3,(H,26,27,32). The molecule has 1 N–H and O–H groups in total. The summed E-state index contributed by atoms with van der Waals surface area (Å²) in [6, 6.07) is 10.6. The molecule has 11 nitrogen and oxygen atoms in total. The number of aromatic nitrogens is 3. The molecule has 0 atom stereocenters. The maximum Gasteiger partial charge on any atom is 0.355 e. The molecule has 0 bridgehead atoms. The predicted molar refractivity (Wildman–Crippen MR) is 128 cm³/mol. The van der Waals surface area contributed by atoms with Crippen molar-refractivity contribution >= 4 is 35.1 Å². The van der Waals surface area contributed by atoms with Crippen molar-refractivity contribution in [3.8, 4) is 5.75 Å². The minimum atomic E-state index is -0.970. The van der Waals surface area contributed by atoms with E-state index in [1.54, 1.807) is 31.2 Å². The van der Waals surface area contributed by atoms with Gasteiger partial charge in [0.05, 0.1) is 19.6 Å². The van der Waals surface area contributed by atoms with Gasteiger partial charge in [-0.1, -0.05) is 28.9 Å². The second kappa shape index (κ2) is 11.0. The van der Waals surface area contributed by atoms with Gasteiger partial charge in [0.2, 0.25) is 11.8 Å². The molecule has 1 aromatic heterocycles. The molecule has 0 unspecified atom stereocenters. The molecule has 0 spiro atoms. The second-order valence-corrected chi connectivity index (χ2v) is 7.98. The summed E-state index contributed by atoms with van der Waals surface area (Å²) < 4.78 is 26.7. The number of nitrogens with one attached hydrogen (secondary N) is 1. The lowest BCUT2D eigenvalue weighted by atomic mass is 10.2. The van der Waals surface area contributed by atoms with Crippen LogP contribution in [0.1, 0.15) is 18.9 Å². The van der Waals surface area contributed by atoms with Crippen molar-refractivity contribution in [1.82, 2.24) is 14.1 Å². The molecular formula is C23H21ClFN5O6. The molecule has 1 aliphatic rings. The topological polar surface area (TPSA) is 126 Å². The fourth-order valence-corrected chi connectivity index (χ4v) is 3.42. The average Bonchev–Trinajstić information content (AvgIpc) is 3.36. The van der Waals surface area contributed by atoms with E-state index >= 15 is 0 Å². The number of halogens is 2. The van der Waals surface area contributed by atoms with Gasteiger partial charge in [0, 0.05) is 16.8 Å². The largest absolute Gasteiger partial charge is 0.465 e. The molecule has 2 heterocycles. The van der Waals surface area contributed by atoms with Gasteiger partial charge in [0.15, 0.2) is 11.6 Å². The summed E-state index contributed by atoms with van der Waals surface area (Å²) in [5.41, 5.74) is -0.909. The lowest BCUT2D eigenvalue weighted by Gasteiger charge is -2.16. The van der Waals surface area contributed by atoms with Crippen LogP contribution >= 0.6 is 11.6 Å². The molecule has 0 saturated carbocycles. The van der Waals surface area contributed by atoms with Crippen LogP contribution in [0.2, 0.25) is 5.02 Å². The zero-order chi connectivity index (χ0) is 25.7. The Morgan fingerprint density at radius 2 is 1.97 bits per heavy atom. The molecular weight excluding hydrogens is 497 g/mol. The molecule has 0 saturated heterocycles. The van der Waals surface area contributed by atoms with E-state index in [0.29, 0.717) is 28.2 Å². The summed E-state index contributed by atoms with van der Waals surface area (Å²) in [4.78, 5) is 46.5. The van der Waals surface area contributed by atoms with Gasteiger partial charge in [-0.25, -0.2) is 18.5 Å². The van der Waals surface area contributed by atoms with Gasteiger partial charge in [-0.2, -0.15) is 4.98 Å². The van der Waals surface area contributed by atoms with E-state index in [4.69, 9.17) is 25.9 Å². The van der Waals surface area contributed by atoms with E-state index in [0.717, 1.165) is 10.6 Å². The number of anilines is 2. The summed E-state index contributed by atoms with van der Waals surface area (Å²) in [6.07, 6.45) is 0.419. The van der Waals surface area contributed by atoms with E-state index in [-0.39, 0.29) is 36.4 Å². The van der Waals surface area contributed by atoms with E-state index in [2.05, 4.69) is 15.5 Å². The Morgan fingerprint density at radius 3 is 2.64 bits per heavy atom. The number of oxime groups is 1. The number of benzene rings is 2. The van der Waals surface area contributed by atoms with Crippen molar-refractivity contribution in [2.24, 2.45) is 5.16 Å². The van der Waals surface area contributed by atoms with Crippen molar-refractivity contribution in [2.45, 2.75) is 26.4 Å². The van der Waals surface area contributed by atoms with E-state index in [1.165, 1.54) is 12.1 Å². The highest BCUT2D eigenvalue weighted by molar-refractivity contribution is 6.30. The minimum absolute atomic E-state index is 0.0159. The third-order valence-corrected chi connectivity index (χ3v) is 5.24. The number of hydrogen-bond donors (Lipinski definition) is 1. The Bertz CT molecular complexity index is 1420. The fraction of sp³-hybridized carbons (Fsp3) is 0.261. The Balaban J connectivity index is 1.68. The maximum absolute atomic E-state index is 14.7. The number of rotatable bonds is 8. The van der Waals surface area contributed by atoms with Crippen LogP contribution in [0.25, 0.3) is 0 Å². The summed E-state index contributed by atoms with van der Waals surface area (Å²) in [5.74, 6) is -1.44.